The highest BCUT2D eigenvalue weighted by Crippen LogP contribution is 1.91. The Morgan fingerprint density at radius 2 is 2.33 bits per heavy atom. The van der Waals surface area contributed by atoms with Crippen LogP contribution in [0.5, 0.6) is 0 Å². The lowest BCUT2D eigenvalue weighted by Crippen LogP contribution is -2.16. The van der Waals surface area contributed by atoms with Crippen molar-refractivity contribution in [3.8, 4) is 0 Å². The van der Waals surface area contributed by atoms with Crippen LogP contribution in [0.4, 0.5) is 0 Å². The summed E-state index contributed by atoms with van der Waals surface area (Å²) in [4.78, 5) is 0. The number of halogens is 1. The summed E-state index contributed by atoms with van der Waals surface area (Å²) >= 11 is 0.686. The predicted molar refractivity (Wildman–Crippen MR) is 36.5 cm³/mol. The molecule has 2 unspecified atom stereocenters. The zero-order valence-electron chi connectivity index (χ0n) is 4.49. The predicted octanol–water partition coefficient (Wildman–Crippen LogP) is -0.105. The van der Waals surface area contributed by atoms with E-state index in [-0.39, 0.29) is 6.61 Å². The molecular weight excluding hydrogens is 212 g/mol. The van der Waals surface area contributed by atoms with Gasteiger partial charge in [0.1, 0.15) is 0 Å². The number of aliphatic hydroxyl groups excluding tert-OH is 1. The van der Waals surface area contributed by atoms with Crippen molar-refractivity contribution in [3.63, 3.8) is 0 Å². The Kier molecular flexibility index (Phi) is 5.61. The maximum Gasteiger partial charge on any atom is 0.301 e. The second-order valence-corrected chi connectivity index (χ2v) is 2.63. The third kappa shape index (κ3) is 6.39. The molecule has 0 aliphatic rings. The number of hydrogen-bond donors (Lipinski definition) is 2. The van der Waals surface area contributed by atoms with Crippen LogP contribution in [0.1, 0.15) is 0 Å². The summed E-state index contributed by atoms with van der Waals surface area (Å²) in [5, 5.41) is 9.03. The molecule has 6 heteroatoms. The number of hydrogen-bond acceptors (Lipinski definition) is 3. The van der Waals surface area contributed by atoms with Crippen LogP contribution in [-0.4, -0.2) is 31.9 Å². The second kappa shape index (κ2) is 5.31. The van der Waals surface area contributed by atoms with Crippen LogP contribution in [0, 0.1) is 0 Å². The molecule has 0 rings (SSSR count). The molecule has 0 aromatic heterocycles. The molecule has 0 spiro atoms. The molecule has 0 amide bonds. The SMILES string of the molecule is O=S(O)OCC(O)CBr. The molecule has 0 aromatic rings. The van der Waals surface area contributed by atoms with Gasteiger partial charge in [-0.25, -0.2) is 0 Å². The van der Waals surface area contributed by atoms with Gasteiger partial charge >= 0.3 is 11.4 Å². The van der Waals surface area contributed by atoms with Crippen molar-refractivity contribution in [1.82, 2.24) is 0 Å². The number of rotatable bonds is 4. The number of alkyl halides is 1. The van der Waals surface area contributed by atoms with E-state index in [1.54, 1.807) is 0 Å². The standard InChI is InChI=1S/C3H7BrO4S/c4-1-3(5)2-8-9(6)7/h3,5H,1-2H2,(H,6,7). The van der Waals surface area contributed by atoms with E-state index in [0.29, 0.717) is 5.33 Å². The molecule has 0 aliphatic heterocycles. The Labute approximate surface area is 63.8 Å². The number of aliphatic hydroxyl groups is 1. The van der Waals surface area contributed by atoms with Gasteiger partial charge in [-0.15, -0.1) is 0 Å². The van der Waals surface area contributed by atoms with Gasteiger partial charge in [-0.3, -0.25) is 8.74 Å². The molecule has 9 heavy (non-hydrogen) atoms. The first-order valence-electron chi connectivity index (χ1n) is 2.15. The van der Waals surface area contributed by atoms with Gasteiger partial charge in [-0.1, -0.05) is 15.9 Å². The lowest BCUT2D eigenvalue weighted by molar-refractivity contribution is 0.129. The van der Waals surface area contributed by atoms with Crippen molar-refractivity contribution >= 4 is 27.3 Å². The van der Waals surface area contributed by atoms with Gasteiger partial charge < -0.3 is 5.11 Å². The van der Waals surface area contributed by atoms with Gasteiger partial charge in [0, 0.05) is 5.33 Å². The fraction of sp³-hybridized carbons (Fsp3) is 1.00. The Hall–Kier alpha value is 0.510. The van der Waals surface area contributed by atoms with E-state index < -0.39 is 17.5 Å². The molecule has 0 aromatic carbocycles. The highest BCUT2D eigenvalue weighted by molar-refractivity contribution is 9.09. The summed E-state index contributed by atoms with van der Waals surface area (Å²) in [6, 6.07) is 0. The summed E-state index contributed by atoms with van der Waals surface area (Å²) in [6.45, 7) is -0.131. The van der Waals surface area contributed by atoms with Crippen LogP contribution in [0.15, 0.2) is 0 Å². The van der Waals surface area contributed by atoms with Gasteiger partial charge in [-0.2, -0.15) is 4.21 Å². The first-order chi connectivity index (χ1) is 4.16. The van der Waals surface area contributed by atoms with Gasteiger partial charge in [0.15, 0.2) is 0 Å². The van der Waals surface area contributed by atoms with E-state index in [1.165, 1.54) is 0 Å². The summed E-state index contributed by atoms with van der Waals surface area (Å²) in [7, 11) is 0. The summed E-state index contributed by atoms with van der Waals surface area (Å²) in [5.74, 6) is 0. The quantitative estimate of drug-likeness (QED) is 0.511. The Balaban J connectivity index is 3.16. The minimum absolute atomic E-state index is 0.131. The fourth-order valence-electron chi connectivity index (χ4n) is 0.181. The molecule has 0 radical (unpaired) electrons. The van der Waals surface area contributed by atoms with Crippen LogP contribution in [0.25, 0.3) is 0 Å². The minimum Gasteiger partial charge on any atom is -0.390 e. The van der Waals surface area contributed by atoms with E-state index in [4.69, 9.17) is 9.66 Å². The third-order valence-electron chi connectivity index (χ3n) is 0.539. The smallest absolute Gasteiger partial charge is 0.301 e. The van der Waals surface area contributed by atoms with Crippen molar-refractivity contribution in [1.29, 1.82) is 0 Å². The maximum atomic E-state index is 9.78. The van der Waals surface area contributed by atoms with Gasteiger partial charge in [0.05, 0.1) is 12.7 Å². The summed E-state index contributed by atoms with van der Waals surface area (Å²) < 4.78 is 21.9. The van der Waals surface area contributed by atoms with Crippen LogP contribution >= 0.6 is 15.9 Å². The normalized spacial score (nSPS) is 17.2. The monoisotopic (exact) mass is 218 g/mol. The topological polar surface area (TPSA) is 66.8 Å². The van der Waals surface area contributed by atoms with Crippen LogP contribution in [0.3, 0.4) is 0 Å². The zero-order valence-corrected chi connectivity index (χ0v) is 6.89. The molecule has 4 nitrogen and oxygen atoms in total. The Bertz CT molecular complexity index is 97.8. The van der Waals surface area contributed by atoms with Crippen molar-refractivity contribution in [2.45, 2.75) is 6.10 Å². The first-order valence-corrected chi connectivity index (χ1v) is 4.30. The molecule has 0 aliphatic carbocycles. The van der Waals surface area contributed by atoms with E-state index in [1.807, 2.05) is 0 Å². The van der Waals surface area contributed by atoms with E-state index >= 15 is 0 Å². The lowest BCUT2D eigenvalue weighted by atomic mass is 10.5. The Morgan fingerprint density at radius 1 is 1.78 bits per heavy atom. The molecule has 2 N–H and O–H groups in total. The molecule has 56 valence electrons. The minimum atomic E-state index is -2.27. The van der Waals surface area contributed by atoms with Crippen LogP contribution in [0.2, 0.25) is 0 Å². The largest absolute Gasteiger partial charge is 0.390 e. The molecule has 0 heterocycles. The van der Waals surface area contributed by atoms with Crippen molar-refractivity contribution < 1.29 is 18.1 Å². The van der Waals surface area contributed by atoms with Gasteiger partial charge in [0.2, 0.25) is 0 Å². The van der Waals surface area contributed by atoms with Crippen molar-refractivity contribution in [2.24, 2.45) is 0 Å². The highest BCUT2D eigenvalue weighted by atomic mass is 79.9. The first kappa shape index (κ1) is 9.51. The maximum absolute atomic E-state index is 9.78. The molecule has 0 saturated carbocycles. The van der Waals surface area contributed by atoms with E-state index in [2.05, 4.69) is 20.1 Å². The van der Waals surface area contributed by atoms with Crippen molar-refractivity contribution in [2.75, 3.05) is 11.9 Å². The molecule has 0 bridgehead atoms. The van der Waals surface area contributed by atoms with Crippen molar-refractivity contribution in [3.05, 3.63) is 0 Å². The highest BCUT2D eigenvalue weighted by Gasteiger charge is 2.02. The molecular formula is C3H7BrO4S. The lowest BCUT2D eigenvalue weighted by Gasteiger charge is -2.02. The third-order valence-corrected chi connectivity index (χ3v) is 1.62. The average molecular weight is 219 g/mol. The summed E-state index contributed by atoms with van der Waals surface area (Å²) in [6.07, 6.45) is -0.721. The second-order valence-electron chi connectivity index (χ2n) is 1.31. The van der Waals surface area contributed by atoms with Gasteiger partial charge in [-0.05, 0) is 0 Å². The van der Waals surface area contributed by atoms with E-state index in [0.717, 1.165) is 0 Å². The average Bonchev–Trinajstić information content (AvgIpc) is 1.83. The molecule has 2 atom stereocenters. The van der Waals surface area contributed by atoms with E-state index in [9.17, 15) is 4.21 Å². The molecule has 0 saturated heterocycles. The van der Waals surface area contributed by atoms with Crippen LogP contribution in [-0.2, 0) is 15.5 Å². The zero-order chi connectivity index (χ0) is 7.28. The Morgan fingerprint density at radius 3 is 2.67 bits per heavy atom. The summed E-state index contributed by atoms with van der Waals surface area (Å²) in [5.41, 5.74) is 0. The van der Waals surface area contributed by atoms with Crippen LogP contribution < -0.4 is 0 Å². The fourth-order valence-corrected chi connectivity index (χ4v) is 0.642. The van der Waals surface area contributed by atoms with Gasteiger partial charge in [0.25, 0.3) is 0 Å². The molecule has 0 fully saturated rings.